The SMILES string of the molecule is COc1cccc2c(N3CCC(OCP(=O)([O-])O)CC3)ncnc12. The molecule has 1 saturated heterocycles. The number of hydrogen-bond donors (Lipinski definition) is 1. The van der Waals surface area contributed by atoms with E-state index in [0.29, 0.717) is 31.7 Å². The van der Waals surface area contributed by atoms with Crippen LogP contribution >= 0.6 is 7.60 Å². The van der Waals surface area contributed by atoms with Crippen LogP contribution in [-0.2, 0) is 9.30 Å². The number of aromatic nitrogens is 2. The van der Waals surface area contributed by atoms with Gasteiger partial charge in [-0.1, -0.05) is 6.07 Å². The molecule has 1 aliphatic rings. The second-order valence-corrected chi connectivity index (χ2v) is 7.21. The van der Waals surface area contributed by atoms with Crippen LogP contribution in [0.25, 0.3) is 10.9 Å². The Kier molecular flexibility index (Phi) is 5.01. The highest BCUT2D eigenvalue weighted by molar-refractivity contribution is 7.50. The van der Waals surface area contributed by atoms with Crippen molar-refractivity contribution in [1.82, 2.24) is 9.97 Å². The van der Waals surface area contributed by atoms with Gasteiger partial charge in [-0.25, -0.2) is 9.97 Å². The molecule has 1 aromatic carbocycles. The molecule has 0 radical (unpaired) electrons. The third-order valence-corrected chi connectivity index (χ3v) is 4.52. The summed E-state index contributed by atoms with van der Waals surface area (Å²) in [5.74, 6) is 1.53. The number of methoxy groups -OCH3 is 1. The van der Waals surface area contributed by atoms with Gasteiger partial charge in [0.15, 0.2) is 7.60 Å². The number of ether oxygens (including phenoxy) is 2. The molecule has 1 atom stereocenters. The fraction of sp³-hybridized carbons (Fsp3) is 0.467. The van der Waals surface area contributed by atoms with Crippen LogP contribution in [0.1, 0.15) is 12.8 Å². The molecule has 9 heteroatoms. The molecule has 0 bridgehead atoms. The maximum atomic E-state index is 10.8. The lowest BCUT2D eigenvalue weighted by molar-refractivity contribution is -0.200. The smallest absolute Gasteiger partial charge is 0.158 e. The van der Waals surface area contributed by atoms with Crippen molar-refractivity contribution in [1.29, 1.82) is 0 Å². The van der Waals surface area contributed by atoms with Gasteiger partial charge in [0.25, 0.3) is 0 Å². The molecule has 1 unspecified atom stereocenters. The first-order chi connectivity index (χ1) is 11.5. The molecule has 0 aliphatic carbocycles. The van der Waals surface area contributed by atoms with Crippen LogP contribution in [0.15, 0.2) is 24.5 Å². The van der Waals surface area contributed by atoms with Crippen molar-refractivity contribution < 1.29 is 23.8 Å². The van der Waals surface area contributed by atoms with Crippen molar-refractivity contribution in [2.45, 2.75) is 18.9 Å². The minimum atomic E-state index is -4.37. The van der Waals surface area contributed by atoms with Gasteiger partial charge in [-0.05, 0) is 25.0 Å². The molecule has 2 aromatic rings. The van der Waals surface area contributed by atoms with Gasteiger partial charge >= 0.3 is 0 Å². The van der Waals surface area contributed by atoms with Crippen LogP contribution in [0, 0.1) is 0 Å². The minimum absolute atomic E-state index is 0.182. The topological polar surface area (TPSA) is 108 Å². The molecule has 0 amide bonds. The van der Waals surface area contributed by atoms with E-state index in [4.69, 9.17) is 14.4 Å². The van der Waals surface area contributed by atoms with E-state index in [-0.39, 0.29) is 6.10 Å². The van der Waals surface area contributed by atoms with Crippen molar-refractivity contribution in [2.75, 3.05) is 31.4 Å². The Hall–Kier alpha value is -1.73. The first kappa shape index (κ1) is 17.1. The zero-order valence-corrected chi connectivity index (χ0v) is 14.2. The van der Waals surface area contributed by atoms with Crippen LogP contribution < -0.4 is 14.5 Å². The lowest BCUT2D eigenvalue weighted by atomic mass is 10.1. The maximum Gasteiger partial charge on any atom is 0.158 e. The number of fused-ring (bicyclic) bond motifs is 1. The highest BCUT2D eigenvalue weighted by atomic mass is 31.2. The normalized spacial score (nSPS) is 18.5. The summed E-state index contributed by atoms with van der Waals surface area (Å²) in [7, 11) is -2.76. The summed E-state index contributed by atoms with van der Waals surface area (Å²) in [4.78, 5) is 30.4. The zero-order chi connectivity index (χ0) is 17.2. The molecule has 1 fully saturated rings. The summed E-state index contributed by atoms with van der Waals surface area (Å²) < 4.78 is 21.4. The van der Waals surface area contributed by atoms with Gasteiger partial charge in [0, 0.05) is 18.5 Å². The fourth-order valence-electron chi connectivity index (χ4n) is 2.90. The lowest BCUT2D eigenvalue weighted by Gasteiger charge is -2.33. The minimum Gasteiger partial charge on any atom is -0.777 e. The van der Waals surface area contributed by atoms with E-state index in [2.05, 4.69) is 14.9 Å². The Morgan fingerprint density at radius 2 is 2.12 bits per heavy atom. The first-order valence-electron chi connectivity index (χ1n) is 7.65. The Labute approximate surface area is 139 Å². The number of rotatable bonds is 5. The third kappa shape index (κ3) is 3.84. The molecule has 1 N–H and O–H groups in total. The molecule has 0 spiro atoms. The maximum absolute atomic E-state index is 10.8. The van der Waals surface area contributed by atoms with Crippen LogP contribution in [0.3, 0.4) is 0 Å². The molecular formula is C15H19N3O5P-. The second kappa shape index (κ2) is 7.03. The largest absolute Gasteiger partial charge is 0.777 e. The number of nitrogens with zero attached hydrogens (tertiary/aromatic N) is 3. The first-order valence-corrected chi connectivity index (χ1v) is 9.41. The van der Waals surface area contributed by atoms with Crippen molar-refractivity contribution >= 4 is 24.3 Å². The molecule has 1 aromatic heterocycles. The standard InChI is InChI=1S/C15H20N3O5P/c1-22-13-4-2-3-12-14(13)16-9-17-15(12)18-7-5-11(6-8-18)23-10-24(19,20)21/h2-4,9,11H,5-8,10H2,1H3,(H2,19,20,21)/p-1. The summed E-state index contributed by atoms with van der Waals surface area (Å²) in [5, 5.41) is 0.913. The molecule has 1 aliphatic heterocycles. The van der Waals surface area contributed by atoms with E-state index in [1.165, 1.54) is 6.33 Å². The molecule has 3 rings (SSSR count). The summed E-state index contributed by atoms with van der Waals surface area (Å²) >= 11 is 0. The van der Waals surface area contributed by atoms with Crippen molar-refractivity contribution in [3.63, 3.8) is 0 Å². The van der Waals surface area contributed by atoms with Crippen molar-refractivity contribution in [3.05, 3.63) is 24.5 Å². The number of piperidine rings is 1. The van der Waals surface area contributed by atoms with Gasteiger partial charge in [0.2, 0.25) is 0 Å². The van der Waals surface area contributed by atoms with E-state index in [1.54, 1.807) is 7.11 Å². The van der Waals surface area contributed by atoms with Crippen LogP contribution in [0.2, 0.25) is 0 Å². The zero-order valence-electron chi connectivity index (χ0n) is 13.3. The number of hydrogen-bond acceptors (Lipinski definition) is 7. The van der Waals surface area contributed by atoms with Gasteiger partial charge in [-0.15, -0.1) is 0 Å². The molecule has 24 heavy (non-hydrogen) atoms. The summed E-state index contributed by atoms with van der Waals surface area (Å²) in [5.41, 5.74) is 0.760. The number of anilines is 1. The predicted octanol–water partition coefficient (Wildman–Crippen LogP) is 1.13. The predicted molar refractivity (Wildman–Crippen MR) is 87.1 cm³/mol. The molecule has 130 valence electrons. The second-order valence-electron chi connectivity index (χ2n) is 5.67. The van der Waals surface area contributed by atoms with Gasteiger partial charge in [-0.2, -0.15) is 0 Å². The Morgan fingerprint density at radius 1 is 1.38 bits per heavy atom. The van der Waals surface area contributed by atoms with Gasteiger partial charge in [0.1, 0.15) is 29.8 Å². The number of benzene rings is 1. The van der Waals surface area contributed by atoms with Crippen molar-refractivity contribution in [3.8, 4) is 5.75 Å². The van der Waals surface area contributed by atoms with E-state index in [0.717, 1.165) is 16.7 Å². The van der Waals surface area contributed by atoms with Crippen LogP contribution in [0.5, 0.6) is 5.75 Å². The Morgan fingerprint density at radius 3 is 2.79 bits per heavy atom. The van der Waals surface area contributed by atoms with Crippen LogP contribution in [-0.4, -0.2) is 47.5 Å². The van der Waals surface area contributed by atoms with E-state index >= 15 is 0 Å². The van der Waals surface area contributed by atoms with Gasteiger partial charge in [-0.3, -0.25) is 0 Å². The van der Waals surface area contributed by atoms with Crippen LogP contribution in [0.4, 0.5) is 5.82 Å². The Balaban J connectivity index is 1.73. The molecular weight excluding hydrogens is 333 g/mol. The monoisotopic (exact) mass is 352 g/mol. The average Bonchev–Trinajstić information content (AvgIpc) is 2.59. The summed E-state index contributed by atoms with van der Waals surface area (Å²) in [6, 6.07) is 5.71. The van der Waals surface area contributed by atoms with Gasteiger partial charge in [0.05, 0.1) is 13.2 Å². The quantitative estimate of drug-likeness (QED) is 0.798. The van der Waals surface area contributed by atoms with E-state index in [1.807, 2.05) is 18.2 Å². The van der Waals surface area contributed by atoms with Gasteiger partial charge < -0.3 is 28.7 Å². The molecule has 8 nitrogen and oxygen atoms in total. The summed E-state index contributed by atoms with van der Waals surface area (Å²) in [6.07, 6.45) is 2.02. The molecule has 2 heterocycles. The summed E-state index contributed by atoms with van der Waals surface area (Å²) in [6.45, 7) is 1.37. The van der Waals surface area contributed by atoms with E-state index < -0.39 is 13.9 Å². The highest BCUT2D eigenvalue weighted by Gasteiger charge is 2.23. The lowest BCUT2D eigenvalue weighted by Crippen LogP contribution is -2.38. The average molecular weight is 352 g/mol. The number of para-hydroxylation sites is 1. The fourth-order valence-corrected chi connectivity index (χ4v) is 3.30. The molecule has 0 saturated carbocycles. The van der Waals surface area contributed by atoms with Crippen molar-refractivity contribution in [2.24, 2.45) is 0 Å². The Bertz CT molecular complexity index is 758. The third-order valence-electron chi connectivity index (χ3n) is 4.04. The van der Waals surface area contributed by atoms with E-state index in [9.17, 15) is 9.46 Å². The highest BCUT2D eigenvalue weighted by Crippen LogP contribution is 2.33.